The van der Waals surface area contributed by atoms with Gasteiger partial charge in [-0.3, -0.25) is 0 Å². The van der Waals surface area contributed by atoms with Gasteiger partial charge >= 0.3 is 0 Å². The molecule has 0 radical (unpaired) electrons. The molecule has 1 atom stereocenters. The van der Waals surface area contributed by atoms with E-state index in [2.05, 4.69) is 32.2 Å². The Morgan fingerprint density at radius 1 is 1.29 bits per heavy atom. The minimum absolute atomic E-state index is 0.194. The van der Waals surface area contributed by atoms with Crippen molar-refractivity contribution >= 4 is 11.6 Å². The van der Waals surface area contributed by atoms with Crippen molar-refractivity contribution in [2.75, 3.05) is 7.05 Å². The fourth-order valence-electron chi connectivity index (χ4n) is 1.79. The van der Waals surface area contributed by atoms with Crippen LogP contribution in [-0.2, 0) is 0 Å². The Morgan fingerprint density at radius 2 is 1.93 bits per heavy atom. The molecule has 1 aromatic carbocycles. The summed E-state index contributed by atoms with van der Waals surface area (Å²) in [6.07, 6.45) is 0. The third-order valence-corrected chi connectivity index (χ3v) is 2.57. The average molecular weight is 212 g/mol. The van der Waals surface area contributed by atoms with Crippen molar-refractivity contribution in [1.29, 1.82) is 0 Å². The lowest BCUT2D eigenvalue weighted by molar-refractivity contribution is 0.287. The number of hydrogen-bond donors (Lipinski definition) is 1. The van der Waals surface area contributed by atoms with Crippen molar-refractivity contribution in [2.45, 2.75) is 26.8 Å². The second kappa shape index (κ2) is 4.33. The van der Waals surface area contributed by atoms with Gasteiger partial charge in [0.1, 0.15) is 0 Å². The molecule has 1 rings (SSSR count). The van der Waals surface area contributed by atoms with Crippen molar-refractivity contribution in [3.05, 3.63) is 34.9 Å². The predicted octanol–water partition coefficient (Wildman–Crippen LogP) is 3.65. The van der Waals surface area contributed by atoms with Crippen LogP contribution in [0.15, 0.2) is 24.3 Å². The molecule has 0 fully saturated rings. The Morgan fingerprint density at radius 3 is 2.36 bits per heavy atom. The summed E-state index contributed by atoms with van der Waals surface area (Å²) < 4.78 is 0. The van der Waals surface area contributed by atoms with E-state index in [-0.39, 0.29) is 5.41 Å². The Kier molecular flexibility index (Phi) is 3.57. The predicted molar refractivity (Wildman–Crippen MR) is 62.7 cm³/mol. The highest BCUT2D eigenvalue weighted by atomic mass is 35.5. The average Bonchev–Trinajstić information content (AvgIpc) is 2.02. The third kappa shape index (κ3) is 2.73. The lowest BCUT2D eigenvalue weighted by Gasteiger charge is -2.30. The molecular weight excluding hydrogens is 194 g/mol. The van der Waals surface area contributed by atoms with Crippen LogP contribution < -0.4 is 5.32 Å². The first-order valence-corrected chi connectivity index (χ1v) is 5.25. The van der Waals surface area contributed by atoms with Crippen LogP contribution in [0.4, 0.5) is 0 Å². The Bertz CT molecular complexity index is 301. The SMILES string of the molecule is CNC(c1cccc(Cl)c1)C(C)(C)C. The maximum absolute atomic E-state index is 5.97. The zero-order chi connectivity index (χ0) is 10.8. The van der Waals surface area contributed by atoms with Gasteiger partial charge in [0, 0.05) is 11.1 Å². The summed E-state index contributed by atoms with van der Waals surface area (Å²) in [6.45, 7) is 6.65. The first-order chi connectivity index (χ1) is 6.45. The van der Waals surface area contributed by atoms with E-state index in [0.29, 0.717) is 6.04 Å². The molecule has 1 nitrogen and oxygen atoms in total. The smallest absolute Gasteiger partial charge is 0.0409 e. The molecule has 14 heavy (non-hydrogen) atoms. The van der Waals surface area contributed by atoms with Crippen LogP contribution in [0, 0.1) is 5.41 Å². The maximum Gasteiger partial charge on any atom is 0.0409 e. The van der Waals surface area contributed by atoms with Gasteiger partial charge < -0.3 is 5.32 Å². The minimum atomic E-state index is 0.194. The molecular formula is C12H18ClN. The highest BCUT2D eigenvalue weighted by Gasteiger charge is 2.24. The van der Waals surface area contributed by atoms with Crippen molar-refractivity contribution < 1.29 is 0 Å². The molecule has 2 heteroatoms. The molecule has 1 unspecified atom stereocenters. The highest BCUT2D eigenvalue weighted by Crippen LogP contribution is 2.33. The zero-order valence-electron chi connectivity index (χ0n) is 9.26. The highest BCUT2D eigenvalue weighted by molar-refractivity contribution is 6.30. The Balaban J connectivity index is 3.01. The van der Waals surface area contributed by atoms with Gasteiger partial charge in [0.05, 0.1) is 0 Å². The van der Waals surface area contributed by atoms with Crippen LogP contribution in [0.5, 0.6) is 0 Å². The van der Waals surface area contributed by atoms with E-state index in [0.717, 1.165) is 5.02 Å². The molecule has 0 aromatic heterocycles. The summed E-state index contributed by atoms with van der Waals surface area (Å²) in [5.41, 5.74) is 1.44. The van der Waals surface area contributed by atoms with Gasteiger partial charge in [-0.25, -0.2) is 0 Å². The van der Waals surface area contributed by atoms with Crippen LogP contribution in [-0.4, -0.2) is 7.05 Å². The van der Waals surface area contributed by atoms with Crippen LogP contribution >= 0.6 is 11.6 Å². The van der Waals surface area contributed by atoms with E-state index in [1.165, 1.54) is 5.56 Å². The first kappa shape index (κ1) is 11.5. The molecule has 1 N–H and O–H groups in total. The summed E-state index contributed by atoms with van der Waals surface area (Å²) in [6, 6.07) is 8.36. The second-order valence-electron chi connectivity index (χ2n) is 4.64. The van der Waals surface area contributed by atoms with E-state index in [9.17, 15) is 0 Å². The molecule has 0 spiro atoms. The number of rotatable bonds is 2. The van der Waals surface area contributed by atoms with E-state index >= 15 is 0 Å². The van der Waals surface area contributed by atoms with Gasteiger partial charge in [-0.2, -0.15) is 0 Å². The molecule has 0 amide bonds. The number of halogens is 1. The maximum atomic E-state index is 5.97. The van der Waals surface area contributed by atoms with Gasteiger partial charge in [-0.15, -0.1) is 0 Å². The van der Waals surface area contributed by atoms with Crippen molar-refractivity contribution in [3.63, 3.8) is 0 Å². The van der Waals surface area contributed by atoms with Crippen LogP contribution in [0.1, 0.15) is 32.4 Å². The number of nitrogens with one attached hydrogen (secondary N) is 1. The van der Waals surface area contributed by atoms with Crippen molar-refractivity contribution in [3.8, 4) is 0 Å². The van der Waals surface area contributed by atoms with Gasteiger partial charge in [0.15, 0.2) is 0 Å². The second-order valence-corrected chi connectivity index (χ2v) is 5.08. The fraction of sp³-hybridized carbons (Fsp3) is 0.500. The molecule has 1 aromatic rings. The molecule has 78 valence electrons. The van der Waals surface area contributed by atoms with Gasteiger partial charge in [-0.05, 0) is 30.2 Å². The lowest BCUT2D eigenvalue weighted by Crippen LogP contribution is -2.29. The quantitative estimate of drug-likeness (QED) is 0.788. The van der Waals surface area contributed by atoms with Crippen molar-refractivity contribution in [1.82, 2.24) is 5.32 Å². The third-order valence-electron chi connectivity index (χ3n) is 2.34. The number of hydrogen-bond acceptors (Lipinski definition) is 1. The Labute approximate surface area is 91.5 Å². The van der Waals surface area contributed by atoms with E-state index in [1.807, 2.05) is 25.2 Å². The summed E-state index contributed by atoms with van der Waals surface area (Å²) in [5, 5.41) is 4.13. The van der Waals surface area contributed by atoms with Crippen molar-refractivity contribution in [2.24, 2.45) is 5.41 Å². The van der Waals surface area contributed by atoms with E-state index in [4.69, 9.17) is 11.6 Å². The Hall–Kier alpha value is -0.530. The first-order valence-electron chi connectivity index (χ1n) is 4.88. The molecule has 0 heterocycles. The summed E-state index contributed by atoms with van der Waals surface area (Å²) in [7, 11) is 1.98. The largest absolute Gasteiger partial charge is 0.313 e. The van der Waals surface area contributed by atoms with Crippen LogP contribution in [0.25, 0.3) is 0 Å². The van der Waals surface area contributed by atoms with Gasteiger partial charge in [0.25, 0.3) is 0 Å². The normalized spacial score (nSPS) is 14.1. The molecule has 0 aliphatic carbocycles. The summed E-state index contributed by atoms with van der Waals surface area (Å²) >= 11 is 5.97. The topological polar surface area (TPSA) is 12.0 Å². The summed E-state index contributed by atoms with van der Waals surface area (Å²) in [5.74, 6) is 0. The number of benzene rings is 1. The monoisotopic (exact) mass is 211 g/mol. The molecule has 0 saturated carbocycles. The van der Waals surface area contributed by atoms with E-state index < -0.39 is 0 Å². The van der Waals surface area contributed by atoms with Crippen LogP contribution in [0.2, 0.25) is 5.02 Å². The molecule has 0 bridgehead atoms. The minimum Gasteiger partial charge on any atom is -0.313 e. The summed E-state index contributed by atoms with van der Waals surface area (Å²) in [4.78, 5) is 0. The van der Waals surface area contributed by atoms with Gasteiger partial charge in [0.2, 0.25) is 0 Å². The molecule has 0 saturated heterocycles. The molecule has 0 aliphatic heterocycles. The zero-order valence-corrected chi connectivity index (χ0v) is 10.0. The van der Waals surface area contributed by atoms with Gasteiger partial charge in [-0.1, -0.05) is 44.5 Å². The van der Waals surface area contributed by atoms with E-state index in [1.54, 1.807) is 0 Å². The standard InChI is InChI=1S/C12H18ClN/c1-12(2,3)11(14-4)9-6-5-7-10(13)8-9/h5-8,11,14H,1-4H3. The van der Waals surface area contributed by atoms with Crippen LogP contribution in [0.3, 0.4) is 0 Å². The fourth-order valence-corrected chi connectivity index (χ4v) is 1.98. The molecule has 0 aliphatic rings. The lowest BCUT2D eigenvalue weighted by atomic mass is 9.82.